The van der Waals surface area contributed by atoms with Crippen LogP contribution >= 0.6 is 0 Å². The van der Waals surface area contributed by atoms with Crippen LogP contribution in [0.15, 0.2) is 12.4 Å². The lowest BCUT2D eigenvalue weighted by atomic mass is 10.1. The maximum Gasteiger partial charge on any atom is 0.311 e. The number of aromatic nitrogens is 2. The Balaban J connectivity index is 2.74. The molecule has 1 heterocycles. The van der Waals surface area contributed by atoms with Crippen LogP contribution in [0.1, 0.15) is 5.56 Å². The first kappa shape index (κ1) is 10.7. The molecule has 0 aromatic carbocycles. The molecule has 0 aliphatic heterocycles. The van der Waals surface area contributed by atoms with Crippen LogP contribution < -0.4 is 5.73 Å². The number of nitrogen functional groups attached to an aromatic ring is 1. The predicted molar refractivity (Wildman–Crippen MR) is 41.1 cm³/mol. The summed E-state index contributed by atoms with van der Waals surface area (Å²) in [6.07, 6.45) is -2.79. The van der Waals surface area contributed by atoms with Crippen molar-refractivity contribution >= 4 is 5.95 Å². The molecule has 0 amide bonds. The van der Waals surface area contributed by atoms with Crippen molar-refractivity contribution in [2.45, 2.75) is 18.8 Å². The van der Waals surface area contributed by atoms with Crippen LogP contribution in [0, 0.1) is 0 Å². The van der Waals surface area contributed by atoms with Crippen LogP contribution in [0.25, 0.3) is 0 Å². The van der Waals surface area contributed by atoms with Crippen molar-refractivity contribution in [3.05, 3.63) is 18.0 Å². The van der Waals surface area contributed by atoms with Crippen LogP contribution in [-0.4, -0.2) is 22.3 Å². The molecule has 0 unspecified atom stereocenters. The molecule has 0 saturated heterocycles. The summed E-state index contributed by atoms with van der Waals surface area (Å²) in [4.78, 5) is 6.82. The number of rotatable bonds is 3. The summed E-state index contributed by atoms with van der Waals surface area (Å²) < 4.78 is 48.5. The Bertz CT molecular complexity index is 298. The van der Waals surface area contributed by atoms with Crippen molar-refractivity contribution in [3.8, 4) is 0 Å². The van der Waals surface area contributed by atoms with Gasteiger partial charge in [0.2, 0.25) is 5.95 Å². The largest absolute Gasteiger partial charge is 0.368 e. The molecule has 0 atom stereocenters. The molecule has 0 spiro atoms. The van der Waals surface area contributed by atoms with E-state index in [9.17, 15) is 17.6 Å². The third-order valence-corrected chi connectivity index (χ3v) is 1.48. The smallest absolute Gasteiger partial charge is 0.311 e. The summed E-state index contributed by atoms with van der Waals surface area (Å²) in [7, 11) is 0. The van der Waals surface area contributed by atoms with E-state index in [-0.39, 0.29) is 11.5 Å². The second-order valence-electron chi connectivity index (χ2n) is 2.69. The fourth-order valence-electron chi connectivity index (χ4n) is 0.805. The van der Waals surface area contributed by atoms with Gasteiger partial charge >= 0.3 is 12.3 Å². The minimum absolute atomic E-state index is 0.0792. The molecule has 1 aromatic heterocycles. The highest BCUT2D eigenvalue weighted by Gasteiger charge is 2.40. The van der Waals surface area contributed by atoms with Crippen LogP contribution in [0.2, 0.25) is 0 Å². The average Bonchev–Trinajstić information content (AvgIpc) is 2.08. The van der Waals surface area contributed by atoms with E-state index in [1.54, 1.807) is 0 Å². The lowest BCUT2D eigenvalue weighted by molar-refractivity contribution is -0.127. The Hall–Kier alpha value is -1.40. The number of halogens is 4. The summed E-state index contributed by atoms with van der Waals surface area (Å²) >= 11 is 0. The number of nitrogens with zero attached hydrogens (tertiary/aromatic N) is 2. The molecule has 0 fully saturated rings. The van der Waals surface area contributed by atoms with Crippen LogP contribution in [0.5, 0.6) is 0 Å². The maximum absolute atomic E-state index is 12.5. The average molecular weight is 209 g/mol. The van der Waals surface area contributed by atoms with Crippen molar-refractivity contribution in [1.82, 2.24) is 9.97 Å². The minimum Gasteiger partial charge on any atom is -0.368 e. The Morgan fingerprint density at radius 2 is 1.79 bits per heavy atom. The van der Waals surface area contributed by atoms with Gasteiger partial charge in [0.25, 0.3) is 0 Å². The molecule has 14 heavy (non-hydrogen) atoms. The van der Waals surface area contributed by atoms with Crippen molar-refractivity contribution in [2.24, 2.45) is 0 Å². The van der Waals surface area contributed by atoms with Crippen molar-refractivity contribution in [3.63, 3.8) is 0 Å². The van der Waals surface area contributed by atoms with Gasteiger partial charge < -0.3 is 5.73 Å². The highest BCUT2D eigenvalue weighted by molar-refractivity contribution is 5.18. The molecule has 0 aliphatic rings. The van der Waals surface area contributed by atoms with E-state index < -0.39 is 18.8 Å². The summed E-state index contributed by atoms with van der Waals surface area (Å²) in [5, 5.41) is 0. The van der Waals surface area contributed by atoms with Crippen LogP contribution in [0.3, 0.4) is 0 Å². The Morgan fingerprint density at radius 1 is 1.29 bits per heavy atom. The molecule has 0 saturated carbocycles. The molecule has 0 radical (unpaired) electrons. The van der Waals surface area contributed by atoms with Gasteiger partial charge in [0.1, 0.15) is 0 Å². The van der Waals surface area contributed by atoms with Gasteiger partial charge in [-0.15, -0.1) is 0 Å². The van der Waals surface area contributed by atoms with E-state index in [2.05, 4.69) is 9.97 Å². The quantitative estimate of drug-likeness (QED) is 0.767. The summed E-state index contributed by atoms with van der Waals surface area (Å²) in [6, 6.07) is 0. The molecule has 3 nitrogen and oxygen atoms in total. The second-order valence-corrected chi connectivity index (χ2v) is 2.69. The molecule has 7 heteroatoms. The molecule has 1 rings (SSSR count). The van der Waals surface area contributed by atoms with Gasteiger partial charge in [-0.2, -0.15) is 8.78 Å². The predicted octanol–water partition coefficient (Wildman–Crippen LogP) is 1.50. The van der Waals surface area contributed by atoms with Gasteiger partial charge in [0.15, 0.2) is 0 Å². The normalized spacial score (nSPS) is 12.1. The van der Waals surface area contributed by atoms with Gasteiger partial charge in [-0.3, -0.25) is 0 Å². The molecular weight excluding hydrogens is 202 g/mol. The molecule has 1 aromatic rings. The first-order valence-electron chi connectivity index (χ1n) is 3.64. The summed E-state index contributed by atoms with van der Waals surface area (Å²) in [5.41, 5.74) is 5.01. The number of hydrogen-bond acceptors (Lipinski definition) is 3. The minimum atomic E-state index is -4.06. The standard InChI is InChI=1S/C7H7F4N3/c8-5(9)7(10,11)1-4-2-13-6(12)14-3-4/h2-3,5H,1H2,(H2,12,13,14). The van der Waals surface area contributed by atoms with Gasteiger partial charge in [0.05, 0.1) is 0 Å². The number of anilines is 1. The highest BCUT2D eigenvalue weighted by atomic mass is 19.3. The molecular formula is C7H7F4N3. The Morgan fingerprint density at radius 3 is 2.21 bits per heavy atom. The third-order valence-electron chi connectivity index (χ3n) is 1.48. The first-order chi connectivity index (χ1) is 6.42. The van der Waals surface area contributed by atoms with E-state index in [4.69, 9.17) is 5.73 Å². The summed E-state index contributed by atoms with van der Waals surface area (Å²) in [5.74, 6) is -4.14. The van der Waals surface area contributed by atoms with E-state index in [0.29, 0.717) is 0 Å². The molecule has 0 aliphatic carbocycles. The van der Waals surface area contributed by atoms with Crippen molar-refractivity contribution in [1.29, 1.82) is 0 Å². The second kappa shape index (κ2) is 3.77. The van der Waals surface area contributed by atoms with Crippen LogP contribution in [-0.2, 0) is 6.42 Å². The maximum atomic E-state index is 12.5. The van der Waals surface area contributed by atoms with Crippen molar-refractivity contribution in [2.75, 3.05) is 5.73 Å². The third kappa shape index (κ3) is 2.54. The van der Waals surface area contributed by atoms with Gasteiger partial charge in [-0.25, -0.2) is 18.7 Å². The SMILES string of the molecule is Nc1ncc(CC(F)(F)C(F)F)cn1. The van der Waals surface area contributed by atoms with Gasteiger partial charge in [-0.05, 0) is 5.56 Å². The van der Waals surface area contributed by atoms with Crippen molar-refractivity contribution < 1.29 is 17.6 Å². The molecule has 78 valence electrons. The van der Waals surface area contributed by atoms with Gasteiger partial charge in [0, 0.05) is 18.8 Å². The van der Waals surface area contributed by atoms with E-state index in [0.717, 1.165) is 12.4 Å². The first-order valence-corrected chi connectivity index (χ1v) is 3.64. The lowest BCUT2D eigenvalue weighted by Gasteiger charge is -2.14. The topological polar surface area (TPSA) is 51.8 Å². The van der Waals surface area contributed by atoms with Crippen LogP contribution in [0.4, 0.5) is 23.5 Å². The molecule has 2 N–H and O–H groups in total. The monoisotopic (exact) mass is 209 g/mol. The van der Waals surface area contributed by atoms with E-state index in [1.165, 1.54) is 0 Å². The zero-order valence-electron chi connectivity index (χ0n) is 6.92. The fraction of sp³-hybridized carbons (Fsp3) is 0.429. The number of nitrogens with two attached hydrogens (primary N) is 1. The fourth-order valence-corrected chi connectivity index (χ4v) is 0.805. The van der Waals surface area contributed by atoms with E-state index in [1.807, 2.05) is 0 Å². The number of hydrogen-bond donors (Lipinski definition) is 1. The zero-order valence-corrected chi connectivity index (χ0v) is 6.92. The van der Waals surface area contributed by atoms with Gasteiger partial charge in [-0.1, -0.05) is 0 Å². The Labute approximate surface area is 77.0 Å². The Kier molecular flexibility index (Phi) is 2.87. The van der Waals surface area contributed by atoms with E-state index >= 15 is 0 Å². The summed E-state index contributed by atoms with van der Waals surface area (Å²) in [6.45, 7) is 0. The highest BCUT2D eigenvalue weighted by Crippen LogP contribution is 2.26. The zero-order chi connectivity index (χ0) is 10.8. The molecule has 0 bridgehead atoms. The lowest BCUT2D eigenvalue weighted by Crippen LogP contribution is -2.29. The number of alkyl halides is 4.